The molecule has 0 fully saturated rings. The molecular formula is C76H152NO8P. The average molecular weight is 1240 g/mol. The zero-order valence-electron chi connectivity index (χ0n) is 58.1. The van der Waals surface area contributed by atoms with Crippen molar-refractivity contribution < 1.29 is 37.6 Å². The summed E-state index contributed by atoms with van der Waals surface area (Å²) in [7, 11) is -4.39. The SMILES string of the molecule is CCCCCCCCCCCCCCCCCCCCCCCCCCCCCCCCCCCCCCCCCCCC(=O)OC(COC(=O)CCCCCCCCCCCCCCCCCCCCCCCCCC)COP(=O)(O)OCCN. The lowest BCUT2D eigenvalue weighted by atomic mass is 10.0. The molecule has 0 aromatic carbocycles. The summed E-state index contributed by atoms with van der Waals surface area (Å²) in [6.45, 7) is 3.85. The van der Waals surface area contributed by atoms with Gasteiger partial charge >= 0.3 is 19.8 Å². The summed E-state index contributed by atoms with van der Waals surface area (Å²) in [5, 5.41) is 0. The number of carbonyl (C=O) groups excluding carboxylic acids is 2. The number of phosphoric ester groups is 1. The van der Waals surface area contributed by atoms with Crippen LogP contribution in [-0.2, 0) is 32.7 Å². The number of nitrogens with two attached hydrogens (primary N) is 1. The van der Waals surface area contributed by atoms with E-state index >= 15 is 0 Å². The third kappa shape index (κ3) is 72.1. The van der Waals surface area contributed by atoms with E-state index in [0.717, 1.165) is 32.1 Å². The Kier molecular flexibility index (Phi) is 72.2. The molecule has 0 spiro atoms. The summed E-state index contributed by atoms with van der Waals surface area (Å²) in [6.07, 6.45) is 88.3. The van der Waals surface area contributed by atoms with E-state index in [0.29, 0.717) is 12.8 Å². The molecular weight excluding hydrogens is 1090 g/mol. The van der Waals surface area contributed by atoms with E-state index in [-0.39, 0.29) is 32.1 Å². The van der Waals surface area contributed by atoms with Gasteiger partial charge in [0.2, 0.25) is 0 Å². The third-order valence-corrected chi connectivity index (χ3v) is 19.2. The summed E-state index contributed by atoms with van der Waals surface area (Å²) < 4.78 is 33.2. The number of esters is 2. The molecule has 0 aliphatic carbocycles. The molecule has 0 bridgehead atoms. The van der Waals surface area contributed by atoms with Crippen molar-refractivity contribution in [2.24, 2.45) is 5.73 Å². The van der Waals surface area contributed by atoms with Crippen molar-refractivity contribution in [1.82, 2.24) is 0 Å². The maximum atomic E-state index is 12.8. The maximum Gasteiger partial charge on any atom is 0.472 e. The summed E-state index contributed by atoms with van der Waals surface area (Å²) in [6, 6.07) is 0. The highest BCUT2D eigenvalue weighted by atomic mass is 31.2. The number of phosphoric acid groups is 1. The zero-order chi connectivity index (χ0) is 62.3. The second kappa shape index (κ2) is 73.1. The van der Waals surface area contributed by atoms with Crippen molar-refractivity contribution in [2.75, 3.05) is 26.4 Å². The van der Waals surface area contributed by atoms with Crippen molar-refractivity contribution in [3.8, 4) is 0 Å². The van der Waals surface area contributed by atoms with Crippen LogP contribution in [0.15, 0.2) is 0 Å². The van der Waals surface area contributed by atoms with E-state index in [2.05, 4.69) is 13.8 Å². The minimum Gasteiger partial charge on any atom is -0.462 e. The van der Waals surface area contributed by atoms with Gasteiger partial charge in [-0.15, -0.1) is 0 Å². The molecule has 0 amide bonds. The van der Waals surface area contributed by atoms with Crippen LogP contribution < -0.4 is 5.73 Å². The van der Waals surface area contributed by atoms with Gasteiger partial charge in [-0.05, 0) is 12.8 Å². The summed E-state index contributed by atoms with van der Waals surface area (Å²) >= 11 is 0. The Bertz CT molecular complexity index is 1370. The van der Waals surface area contributed by atoms with Gasteiger partial charge in [0, 0.05) is 19.4 Å². The van der Waals surface area contributed by atoms with E-state index in [4.69, 9.17) is 24.3 Å². The van der Waals surface area contributed by atoms with E-state index in [1.54, 1.807) is 0 Å². The molecule has 0 aromatic heterocycles. The van der Waals surface area contributed by atoms with Crippen LogP contribution in [0.5, 0.6) is 0 Å². The molecule has 0 radical (unpaired) electrons. The molecule has 9 nitrogen and oxygen atoms in total. The molecule has 0 heterocycles. The molecule has 2 atom stereocenters. The van der Waals surface area contributed by atoms with Gasteiger partial charge in [-0.1, -0.05) is 418 Å². The molecule has 3 N–H and O–H groups in total. The number of hydrogen-bond acceptors (Lipinski definition) is 8. The molecule has 514 valence electrons. The predicted octanol–water partition coefficient (Wildman–Crippen LogP) is 25.7. The Morgan fingerprint density at radius 2 is 0.500 bits per heavy atom. The lowest BCUT2D eigenvalue weighted by Gasteiger charge is -2.19. The van der Waals surface area contributed by atoms with E-state index in [1.165, 1.54) is 379 Å². The lowest BCUT2D eigenvalue weighted by Crippen LogP contribution is -2.29. The van der Waals surface area contributed by atoms with Gasteiger partial charge in [0.15, 0.2) is 6.10 Å². The van der Waals surface area contributed by atoms with Crippen LogP contribution in [0.1, 0.15) is 444 Å². The van der Waals surface area contributed by atoms with E-state index in [1.807, 2.05) is 0 Å². The Hall–Kier alpha value is -0.990. The van der Waals surface area contributed by atoms with Gasteiger partial charge < -0.3 is 20.1 Å². The first-order chi connectivity index (χ1) is 42.3. The van der Waals surface area contributed by atoms with Crippen LogP contribution in [0.3, 0.4) is 0 Å². The van der Waals surface area contributed by atoms with Gasteiger partial charge in [0.25, 0.3) is 0 Å². The fourth-order valence-corrected chi connectivity index (χ4v) is 13.2. The number of ether oxygens (including phenoxy) is 2. The van der Waals surface area contributed by atoms with Gasteiger partial charge in [0.05, 0.1) is 13.2 Å². The molecule has 0 aromatic rings. The minimum absolute atomic E-state index is 0.0589. The smallest absolute Gasteiger partial charge is 0.462 e. The standard InChI is InChI=1S/C76H152NO8P/c1-3-5-7-9-11-13-15-17-19-21-23-25-27-29-30-31-32-33-34-35-36-37-38-39-40-41-42-43-44-45-47-49-51-53-55-57-59-61-63-65-67-69-76(79)85-74(73-84-86(80,81)83-71-70-77)72-82-75(78)68-66-64-62-60-58-56-54-52-50-48-46-28-26-24-22-20-18-16-14-12-10-8-6-4-2/h74H,3-73,77H2,1-2H3,(H,80,81). The zero-order valence-corrected chi connectivity index (χ0v) is 59.0. The lowest BCUT2D eigenvalue weighted by molar-refractivity contribution is -0.161. The van der Waals surface area contributed by atoms with Crippen molar-refractivity contribution in [3.05, 3.63) is 0 Å². The summed E-state index contributed by atoms with van der Waals surface area (Å²) in [5.74, 6) is -0.796. The molecule has 0 saturated carbocycles. The van der Waals surface area contributed by atoms with Gasteiger partial charge in [-0.25, -0.2) is 4.57 Å². The second-order valence-corrected chi connectivity index (χ2v) is 28.4. The third-order valence-electron chi connectivity index (χ3n) is 18.2. The Morgan fingerprint density at radius 1 is 0.302 bits per heavy atom. The molecule has 0 rings (SSSR count). The molecule has 0 aliphatic rings. The van der Waals surface area contributed by atoms with Gasteiger partial charge in [-0.3, -0.25) is 18.6 Å². The number of hydrogen-bond donors (Lipinski definition) is 2. The summed E-state index contributed by atoms with van der Waals surface area (Å²) in [4.78, 5) is 35.4. The first kappa shape index (κ1) is 85.0. The largest absolute Gasteiger partial charge is 0.472 e. The average Bonchev–Trinajstić information content (AvgIpc) is 3.58. The minimum atomic E-state index is -4.39. The van der Waals surface area contributed by atoms with Crippen molar-refractivity contribution >= 4 is 19.8 Å². The Labute approximate surface area is 537 Å². The highest BCUT2D eigenvalue weighted by Gasteiger charge is 2.26. The number of carbonyl (C=O) groups is 2. The van der Waals surface area contributed by atoms with Crippen LogP contribution in [0.2, 0.25) is 0 Å². The van der Waals surface area contributed by atoms with Crippen LogP contribution >= 0.6 is 7.82 Å². The molecule has 2 unspecified atom stereocenters. The first-order valence-corrected chi connectivity index (χ1v) is 40.5. The van der Waals surface area contributed by atoms with Crippen molar-refractivity contribution in [1.29, 1.82) is 0 Å². The van der Waals surface area contributed by atoms with E-state index < -0.39 is 26.5 Å². The Balaban J connectivity index is 3.70. The molecule has 86 heavy (non-hydrogen) atoms. The first-order valence-electron chi connectivity index (χ1n) is 39.0. The van der Waals surface area contributed by atoms with Gasteiger partial charge in [0.1, 0.15) is 6.61 Å². The quantitative estimate of drug-likeness (QED) is 0.0347. The summed E-state index contributed by atoms with van der Waals surface area (Å²) in [5.41, 5.74) is 5.41. The van der Waals surface area contributed by atoms with Crippen LogP contribution in [0.25, 0.3) is 0 Å². The van der Waals surface area contributed by atoms with Crippen LogP contribution in [-0.4, -0.2) is 49.3 Å². The highest BCUT2D eigenvalue weighted by molar-refractivity contribution is 7.47. The van der Waals surface area contributed by atoms with E-state index in [9.17, 15) is 19.0 Å². The second-order valence-electron chi connectivity index (χ2n) is 27.0. The predicted molar refractivity (Wildman–Crippen MR) is 372 cm³/mol. The maximum absolute atomic E-state index is 12.8. The molecule has 0 saturated heterocycles. The van der Waals surface area contributed by atoms with Crippen molar-refractivity contribution in [2.45, 2.75) is 450 Å². The Morgan fingerprint density at radius 3 is 0.709 bits per heavy atom. The fraction of sp³-hybridized carbons (Fsp3) is 0.974. The monoisotopic (exact) mass is 1240 g/mol. The highest BCUT2D eigenvalue weighted by Crippen LogP contribution is 2.43. The van der Waals surface area contributed by atoms with Crippen molar-refractivity contribution in [3.63, 3.8) is 0 Å². The van der Waals surface area contributed by atoms with Gasteiger partial charge in [-0.2, -0.15) is 0 Å². The molecule has 0 aliphatic heterocycles. The number of rotatable bonds is 76. The fourth-order valence-electron chi connectivity index (χ4n) is 12.5. The van der Waals surface area contributed by atoms with Crippen LogP contribution in [0.4, 0.5) is 0 Å². The number of unbranched alkanes of at least 4 members (excludes halogenated alkanes) is 63. The van der Waals surface area contributed by atoms with Crippen LogP contribution in [0, 0.1) is 0 Å². The topological polar surface area (TPSA) is 134 Å². The normalized spacial score (nSPS) is 12.7. The molecule has 10 heteroatoms.